The maximum atomic E-state index is 12.3. The molecule has 0 bridgehead atoms. The number of fused-ring (bicyclic) bond motifs is 2. The normalized spacial score (nSPS) is 11.4. The van der Waals surface area contributed by atoms with Crippen molar-refractivity contribution in [2.24, 2.45) is 10.2 Å². The van der Waals surface area contributed by atoms with Gasteiger partial charge in [-0.3, -0.25) is 14.9 Å². The van der Waals surface area contributed by atoms with E-state index in [-0.39, 0.29) is 28.3 Å². The zero-order chi connectivity index (χ0) is 19.0. The second-order valence-electron chi connectivity index (χ2n) is 5.70. The van der Waals surface area contributed by atoms with E-state index in [1.165, 1.54) is 24.3 Å². The number of rotatable bonds is 3. The highest BCUT2D eigenvalue weighted by Gasteiger charge is 2.16. The molecule has 2 N–H and O–H groups in total. The van der Waals surface area contributed by atoms with Crippen molar-refractivity contribution < 1.29 is 14.8 Å². The fourth-order valence-corrected chi connectivity index (χ4v) is 2.70. The third-order valence-electron chi connectivity index (χ3n) is 4.00. The predicted octanol–water partition coefficient (Wildman–Crippen LogP) is 4.25. The van der Waals surface area contributed by atoms with E-state index in [0.29, 0.717) is 11.0 Å². The fraction of sp³-hybridized carbons (Fsp3) is 0. The molecular formula is C18H11N5O4. The zero-order valence-corrected chi connectivity index (χ0v) is 13.7. The van der Waals surface area contributed by atoms with Crippen LogP contribution < -0.4 is 0 Å². The van der Waals surface area contributed by atoms with E-state index in [9.17, 15) is 20.0 Å². The first-order valence-corrected chi connectivity index (χ1v) is 7.84. The Hall–Kier alpha value is -4.14. The maximum absolute atomic E-state index is 12.3. The number of aromatic nitrogens is 2. The largest absolute Gasteiger partial charge is 0.493 e. The summed E-state index contributed by atoms with van der Waals surface area (Å²) in [6.45, 7) is 0. The number of hydrogen-bond donors (Lipinski definition) is 2. The standard InChI is InChI=1S/C18H11N5O4/c24-17(15-7-5-10-3-1-2-4-13(10)19-15)22-21-16-12-9-11(23(26)27)6-8-14(12)20-18(16)25/h1-9,20,25H. The first kappa shape index (κ1) is 16.3. The van der Waals surface area contributed by atoms with Crippen LogP contribution in [-0.2, 0) is 0 Å². The number of non-ortho nitro benzene ring substituents is 1. The minimum atomic E-state index is -0.695. The lowest BCUT2D eigenvalue weighted by molar-refractivity contribution is -0.384. The summed E-state index contributed by atoms with van der Waals surface area (Å²) in [5.74, 6) is -1.03. The summed E-state index contributed by atoms with van der Waals surface area (Å²) in [7, 11) is 0. The van der Waals surface area contributed by atoms with Gasteiger partial charge in [-0.15, -0.1) is 10.2 Å². The number of carbonyl (C=O) groups is 1. The Bertz CT molecular complexity index is 1250. The van der Waals surface area contributed by atoms with Gasteiger partial charge in [-0.1, -0.05) is 24.3 Å². The topological polar surface area (TPSA) is 134 Å². The molecule has 2 aromatic heterocycles. The molecule has 0 spiro atoms. The number of amides is 1. The molecule has 4 aromatic rings. The summed E-state index contributed by atoms with van der Waals surface area (Å²) in [5.41, 5.74) is 0.957. The van der Waals surface area contributed by atoms with Crippen LogP contribution in [0.15, 0.2) is 64.8 Å². The number of nitro benzene ring substituents is 1. The molecule has 0 aliphatic heterocycles. The second kappa shape index (κ2) is 6.30. The molecule has 0 aliphatic carbocycles. The highest BCUT2D eigenvalue weighted by molar-refractivity contribution is 5.97. The summed E-state index contributed by atoms with van der Waals surface area (Å²) in [4.78, 5) is 29.5. The molecule has 1 amide bonds. The van der Waals surface area contributed by atoms with E-state index < -0.39 is 10.8 Å². The Kier molecular flexibility index (Phi) is 3.81. The Morgan fingerprint density at radius 2 is 1.96 bits per heavy atom. The van der Waals surface area contributed by atoms with Gasteiger partial charge in [-0.25, -0.2) is 4.98 Å². The number of H-pyrrole nitrogens is 1. The predicted molar refractivity (Wildman–Crippen MR) is 97.2 cm³/mol. The molecule has 0 fully saturated rings. The lowest BCUT2D eigenvalue weighted by atomic mass is 10.2. The first-order chi connectivity index (χ1) is 13.0. The van der Waals surface area contributed by atoms with Gasteiger partial charge < -0.3 is 10.1 Å². The van der Waals surface area contributed by atoms with Crippen LogP contribution in [0.25, 0.3) is 21.8 Å². The molecule has 9 heteroatoms. The lowest BCUT2D eigenvalue weighted by Gasteiger charge is -1.98. The number of para-hydroxylation sites is 1. The maximum Gasteiger partial charge on any atom is 0.313 e. The van der Waals surface area contributed by atoms with E-state index >= 15 is 0 Å². The summed E-state index contributed by atoms with van der Waals surface area (Å²) in [5, 5.41) is 29.5. The van der Waals surface area contributed by atoms with Gasteiger partial charge in [0.15, 0.2) is 5.69 Å². The molecule has 0 atom stereocenters. The molecule has 27 heavy (non-hydrogen) atoms. The van der Waals surface area contributed by atoms with Crippen molar-refractivity contribution in [3.8, 4) is 5.88 Å². The van der Waals surface area contributed by atoms with Crippen LogP contribution in [-0.4, -0.2) is 25.9 Å². The van der Waals surface area contributed by atoms with Crippen molar-refractivity contribution in [1.29, 1.82) is 0 Å². The number of benzene rings is 2. The quantitative estimate of drug-likeness (QED) is 0.319. The van der Waals surface area contributed by atoms with Crippen molar-refractivity contribution in [2.75, 3.05) is 0 Å². The van der Waals surface area contributed by atoms with Gasteiger partial charge in [0.2, 0.25) is 5.88 Å². The Morgan fingerprint density at radius 1 is 1.15 bits per heavy atom. The van der Waals surface area contributed by atoms with Crippen LogP contribution in [0.2, 0.25) is 0 Å². The monoisotopic (exact) mass is 361 g/mol. The second-order valence-corrected chi connectivity index (χ2v) is 5.70. The molecule has 0 aliphatic rings. The molecule has 132 valence electrons. The van der Waals surface area contributed by atoms with Gasteiger partial charge in [0, 0.05) is 22.9 Å². The van der Waals surface area contributed by atoms with Gasteiger partial charge >= 0.3 is 5.91 Å². The van der Waals surface area contributed by atoms with Crippen molar-refractivity contribution >= 4 is 39.1 Å². The van der Waals surface area contributed by atoms with Crippen LogP contribution in [0, 0.1) is 10.1 Å². The SMILES string of the molecule is O=C(N=Nc1c(O)[nH]c2ccc([N+](=O)[O-])cc12)c1ccc2ccccc2n1. The first-order valence-electron chi connectivity index (χ1n) is 7.84. The lowest BCUT2D eigenvalue weighted by Crippen LogP contribution is -1.97. The number of hydrogen-bond acceptors (Lipinski definition) is 6. The van der Waals surface area contributed by atoms with E-state index in [4.69, 9.17) is 0 Å². The van der Waals surface area contributed by atoms with E-state index in [0.717, 1.165) is 5.39 Å². The van der Waals surface area contributed by atoms with Gasteiger partial charge in [0.05, 0.1) is 16.0 Å². The number of azo groups is 1. The third-order valence-corrected chi connectivity index (χ3v) is 4.00. The Labute approximate surface area is 151 Å². The minimum Gasteiger partial charge on any atom is -0.493 e. The van der Waals surface area contributed by atoms with Crippen LogP contribution >= 0.6 is 0 Å². The van der Waals surface area contributed by atoms with Crippen molar-refractivity contribution in [2.45, 2.75) is 0 Å². The fourth-order valence-electron chi connectivity index (χ4n) is 2.70. The number of nitro groups is 1. The molecule has 2 aromatic carbocycles. The van der Waals surface area contributed by atoms with E-state index in [1.807, 2.05) is 18.2 Å². The number of pyridine rings is 1. The van der Waals surface area contributed by atoms with Gasteiger partial charge in [0.1, 0.15) is 5.69 Å². The van der Waals surface area contributed by atoms with Crippen LogP contribution in [0.1, 0.15) is 10.5 Å². The van der Waals surface area contributed by atoms with Crippen LogP contribution in [0.4, 0.5) is 11.4 Å². The number of aromatic hydroxyl groups is 1. The smallest absolute Gasteiger partial charge is 0.313 e. The molecule has 9 nitrogen and oxygen atoms in total. The van der Waals surface area contributed by atoms with Crippen molar-refractivity contribution in [3.05, 3.63) is 70.4 Å². The van der Waals surface area contributed by atoms with Gasteiger partial charge in [0.25, 0.3) is 5.69 Å². The Morgan fingerprint density at radius 3 is 2.78 bits per heavy atom. The van der Waals surface area contributed by atoms with Gasteiger partial charge in [-0.05, 0) is 18.2 Å². The molecule has 2 heterocycles. The molecule has 0 saturated carbocycles. The highest BCUT2D eigenvalue weighted by atomic mass is 16.6. The molecule has 0 radical (unpaired) electrons. The third kappa shape index (κ3) is 2.97. The average molecular weight is 361 g/mol. The summed E-state index contributed by atoms with van der Waals surface area (Å²) >= 11 is 0. The van der Waals surface area contributed by atoms with Gasteiger partial charge in [-0.2, -0.15) is 0 Å². The average Bonchev–Trinajstić information content (AvgIpc) is 2.99. The molecule has 0 saturated heterocycles. The van der Waals surface area contributed by atoms with Crippen LogP contribution in [0.5, 0.6) is 5.88 Å². The zero-order valence-electron chi connectivity index (χ0n) is 13.7. The Balaban J connectivity index is 1.70. The van der Waals surface area contributed by atoms with Crippen LogP contribution in [0.3, 0.4) is 0 Å². The summed E-state index contributed by atoms with van der Waals surface area (Å²) < 4.78 is 0. The molecular weight excluding hydrogens is 350 g/mol. The number of aromatic amines is 1. The summed E-state index contributed by atoms with van der Waals surface area (Å²) in [6.07, 6.45) is 0. The minimum absolute atomic E-state index is 0.0529. The van der Waals surface area contributed by atoms with E-state index in [2.05, 4.69) is 20.2 Å². The molecule has 0 unspecified atom stereocenters. The van der Waals surface area contributed by atoms with Crippen molar-refractivity contribution in [1.82, 2.24) is 9.97 Å². The van der Waals surface area contributed by atoms with Crippen molar-refractivity contribution in [3.63, 3.8) is 0 Å². The highest BCUT2D eigenvalue weighted by Crippen LogP contribution is 2.37. The molecule has 4 rings (SSSR count). The summed E-state index contributed by atoms with van der Waals surface area (Å²) in [6, 6.07) is 14.6. The number of nitrogens with one attached hydrogen (secondary N) is 1. The number of nitrogens with zero attached hydrogens (tertiary/aromatic N) is 4. The van der Waals surface area contributed by atoms with E-state index in [1.54, 1.807) is 12.1 Å². The number of carbonyl (C=O) groups excluding carboxylic acids is 1.